The predicted octanol–water partition coefficient (Wildman–Crippen LogP) is 0.893. The normalized spacial score (nSPS) is 11.8. The summed E-state index contributed by atoms with van der Waals surface area (Å²) in [5, 5.41) is 10.7. The molecule has 0 aliphatic rings. The molecule has 21 heavy (non-hydrogen) atoms. The average Bonchev–Trinajstić information content (AvgIpc) is 2.82. The molecule has 0 fully saturated rings. The van der Waals surface area contributed by atoms with Gasteiger partial charge in [0.2, 0.25) is 10.0 Å². The Kier molecular flexibility index (Phi) is 6.48. The van der Waals surface area contributed by atoms with Gasteiger partial charge in [0.25, 0.3) is 0 Å². The first-order chi connectivity index (χ1) is 9.77. The Morgan fingerprint density at radius 3 is 2.67 bits per heavy atom. The molecule has 4 N–H and O–H groups in total. The highest BCUT2D eigenvalue weighted by atomic mass is 32.2. The lowest BCUT2D eigenvalue weighted by Crippen LogP contribution is -2.27. The monoisotopic (exact) mass is 338 g/mol. The summed E-state index contributed by atoms with van der Waals surface area (Å²) < 4.78 is 31.4. The standard InChI is InChI=1S/C10H18N4O5S2/c1-7(2)6-19-4-3-12-21(17,18)9-5-8(14(15)16)10(13-11)20-9/h5,7,12-13H,3-4,6,11H2,1-2H3. The van der Waals surface area contributed by atoms with E-state index in [0.717, 1.165) is 6.07 Å². The zero-order valence-electron chi connectivity index (χ0n) is 11.7. The summed E-state index contributed by atoms with van der Waals surface area (Å²) in [6.07, 6.45) is 0. The number of sulfonamides is 1. The van der Waals surface area contributed by atoms with E-state index in [1.165, 1.54) is 0 Å². The van der Waals surface area contributed by atoms with Gasteiger partial charge in [-0.25, -0.2) is 19.0 Å². The van der Waals surface area contributed by atoms with Gasteiger partial charge >= 0.3 is 5.69 Å². The molecule has 0 amide bonds. The van der Waals surface area contributed by atoms with Gasteiger partial charge in [-0.1, -0.05) is 25.2 Å². The van der Waals surface area contributed by atoms with E-state index in [2.05, 4.69) is 10.1 Å². The van der Waals surface area contributed by atoms with Crippen LogP contribution in [0, 0.1) is 16.0 Å². The number of nitrogens with zero attached hydrogens (tertiary/aromatic N) is 1. The lowest BCUT2D eigenvalue weighted by Gasteiger charge is -2.07. The third kappa shape index (κ3) is 5.21. The quantitative estimate of drug-likeness (QED) is 0.263. The molecular formula is C10H18N4O5S2. The summed E-state index contributed by atoms with van der Waals surface area (Å²) in [7, 11) is -3.82. The molecule has 9 nitrogen and oxygen atoms in total. The molecule has 120 valence electrons. The summed E-state index contributed by atoms with van der Waals surface area (Å²) in [6, 6.07) is 0.969. The van der Waals surface area contributed by atoms with Gasteiger partial charge in [-0.05, 0) is 5.92 Å². The largest absolute Gasteiger partial charge is 0.380 e. The predicted molar refractivity (Wildman–Crippen MR) is 79.6 cm³/mol. The zero-order valence-corrected chi connectivity index (χ0v) is 13.3. The molecule has 0 aliphatic carbocycles. The summed E-state index contributed by atoms with van der Waals surface area (Å²) in [6.45, 7) is 4.82. The molecule has 0 aromatic carbocycles. The van der Waals surface area contributed by atoms with Crippen molar-refractivity contribution >= 4 is 32.0 Å². The van der Waals surface area contributed by atoms with Crippen LogP contribution in [0.25, 0.3) is 0 Å². The lowest BCUT2D eigenvalue weighted by molar-refractivity contribution is -0.383. The molecule has 0 unspecified atom stereocenters. The van der Waals surface area contributed by atoms with E-state index in [4.69, 9.17) is 10.6 Å². The average molecular weight is 338 g/mol. The molecule has 0 aliphatic heterocycles. The summed E-state index contributed by atoms with van der Waals surface area (Å²) in [4.78, 5) is 10.1. The van der Waals surface area contributed by atoms with Crippen LogP contribution in [0.2, 0.25) is 0 Å². The number of ether oxygens (including phenoxy) is 1. The van der Waals surface area contributed by atoms with Crippen LogP contribution in [0.3, 0.4) is 0 Å². The van der Waals surface area contributed by atoms with Gasteiger partial charge in [0, 0.05) is 19.2 Å². The van der Waals surface area contributed by atoms with Gasteiger partial charge in [0.15, 0.2) is 5.00 Å². The van der Waals surface area contributed by atoms with Crippen molar-refractivity contribution < 1.29 is 18.1 Å². The SMILES string of the molecule is CC(C)COCCNS(=O)(=O)c1cc([N+](=O)[O-])c(NN)s1. The van der Waals surface area contributed by atoms with E-state index in [1.807, 2.05) is 13.8 Å². The van der Waals surface area contributed by atoms with Crippen molar-refractivity contribution in [1.29, 1.82) is 0 Å². The maximum atomic E-state index is 12.0. The molecule has 1 aromatic heterocycles. The fourth-order valence-electron chi connectivity index (χ4n) is 1.37. The number of rotatable bonds is 9. The Morgan fingerprint density at radius 1 is 1.52 bits per heavy atom. The van der Waals surface area contributed by atoms with E-state index in [1.54, 1.807) is 0 Å². The molecule has 0 atom stereocenters. The van der Waals surface area contributed by atoms with Gasteiger partial charge in [-0.3, -0.25) is 10.1 Å². The second kappa shape index (κ2) is 7.66. The molecular weight excluding hydrogens is 320 g/mol. The topological polar surface area (TPSA) is 137 Å². The Labute approximate surface area is 126 Å². The molecule has 1 rings (SSSR count). The first-order valence-corrected chi connectivity index (χ1v) is 8.40. The molecule has 0 bridgehead atoms. The minimum absolute atomic E-state index is 0.0172. The number of nitrogens with one attached hydrogen (secondary N) is 2. The van der Waals surface area contributed by atoms with Gasteiger partial charge < -0.3 is 10.2 Å². The van der Waals surface area contributed by atoms with Crippen molar-refractivity contribution in [3.8, 4) is 0 Å². The summed E-state index contributed by atoms with van der Waals surface area (Å²) >= 11 is 0.694. The van der Waals surface area contributed by atoms with Crippen LogP contribution in [0.5, 0.6) is 0 Å². The number of nitrogens with two attached hydrogens (primary N) is 1. The molecule has 0 radical (unpaired) electrons. The zero-order chi connectivity index (χ0) is 16.0. The highest BCUT2D eigenvalue weighted by molar-refractivity contribution is 7.91. The first-order valence-electron chi connectivity index (χ1n) is 6.10. The third-order valence-corrected chi connectivity index (χ3v) is 5.26. The second-order valence-electron chi connectivity index (χ2n) is 4.55. The van der Waals surface area contributed by atoms with Gasteiger partial charge in [0.1, 0.15) is 4.21 Å². The van der Waals surface area contributed by atoms with Crippen molar-refractivity contribution in [3.05, 3.63) is 16.2 Å². The highest BCUT2D eigenvalue weighted by Crippen LogP contribution is 2.36. The number of hydrogen-bond donors (Lipinski definition) is 3. The van der Waals surface area contributed by atoms with Crippen LogP contribution >= 0.6 is 11.3 Å². The fraction of sp³-hybridized carbons (Fsp3) is 0.600. The number of nitro groups is 1. The van der Waals surface area contributed by atoms with E-state index in [-0.39, 0.29) is 28.0 Å². The maximum Gasteiger partial charge on any atom is 0.306 e. The minimum Gasteiger partial charge on any atom is -0.380 e. The van der Waals surface area contributed by atoms with Crippen LogP contribution in [0.1, 0.15) is 13.8 Å². The van der Waals surface area contributed by atoms with Crippen molar-refractivity contribution in [3.63, 3.8) is 0 Å². The van der Waals surface area contributed by atoms with E-state index < -0.39 is 14.9 Å². The van der Waals surface area contributed by atoms with Crippen LogP contribution in [-0.4, -0.2) is 33.1 Å². The Morgan fingerprint density at radius 2 is 2.19 bits per heavy atom. The molecule has 0 spiro atoms. The maximum absolute atomic E-state index is 12.0. The molecule has 1 aromatic rings. The third-order valence-electron chi connectivity index (χ3n) is 2.27. The minimum atomic E-state index is -3.82. The molecule has 0 saturated carbocycles. The molecule has 11 heteroatoms. The van der Waals surface area contributed by atoms with Gasteiger partial charge in [0.05, 0.1) is 11.5 Å². The fourth-order valence-corrected chi connectivity index (χ4v) is 3.66. The van der Waals surface area contributed by atoms with Crippen LogP contribution in [-0.2, 0) is 14.8 Å². The Balaban J connectivity index is 2.68. The number of hydrazine groups is 1. The van der Waals surface area contributed by atoms with E-state index in [0.29, 0.717) is 23.9 Å². The van der Waals surface area contributed by atoms with Crippen LogP contribution in [0.4, 0.5) is 10.7 Å². The van der Waals surface area contributed by atoms with Crippen molar-refractivity contribution in [2.75, 3.05) is 25.2 Å². The van der Waals surface area contributed by atoms with Crippen molar-refractivity contribution in [1.82, 2.24) is 4.72 Å². The van der Waals surface area contributed by atoms with Crippen molar-refractivity contribution in [2.24, 2.45) is 11.8 Å². The van der Waals surface area contributed by atoms with Crippen molar-refractivity contribution in [2.45, 2.75) is 18.1 Å². The number of hydrogen-bond acceptors (Lipinski definition) is 8. The van der Waals surface area contributed by atoms with Gasteiger partial charge in [-0.2, -0.15) is 0 Å². The van der Waals surface area contributed by atoms with Crippen LogP contribution in [0.15, 0.2) is 10.3 Å². The first kappa shape index (κ1) is 17.8. The molecule has 0 saturated heterocycles. The molecule has 1 heterocycles. The number of thiophene rings is 1. The smallest absolute Gasteiger partial charge is 0.306 e. The van der Waals surface area contributed by atoms with E-state index in [9.17, 15) is 18.5 Å². The Bertz CT molecular complexity index is 584. The van der Waals surface area contributed by atoms with E-state index >= 15 is 0 Å². The summed E-state index contributed by atoms with van der Waals surface area (Å²) in [5.74, 6) is 5.49. The number of anilines is 1. The highest BCUT2D eigenvalue weighted by Gasteiger charge is 2.25. The lowest BCUT2D eigenvalue weighted by atomic mass is 10.2. The summed E-state index contributed by atoms with van der Waals surface area (Å²) in [5.41, 5.74) is 1.74. The Hall–Kier alpha value is -1.27. The van der Waals surface area contributed by atoms with Gasteiger partial charge in [-0.15, -0.1) is 0 Å². The number of nitrogen functional groups attached to an aromatic ring is 1. The van der Waals surface area contributed by atoms with Crippen LogP contribution < -0.4 is 16.0 Å². The second-order valence-corrected chi connectivity index (χ2v) is 7.59.